The van der Waals surface area contributed by atoms with Crippen LogP contribution in [0.3, 0.4) is 0 Å². The SMILES string of the molecule is CC[C@H](C)n1nc(NC(=O)COc2ccc(Cl)cc2)c2cc3cc(C)ccc3nc21. The van der Waals surface area contributed by atoms with E-state index in [1.165, 1.54) is 0 Å². The summed E-state index contributed by atoms with van der Waals surface area (Å²) >= 11 is 5.88. The molecule has 2 aromatic heterocycles. The number of amides is 1. The molecule has 1 atom stereocenters. The normalized spacial score (nSPS) is 12.3. The van der Waals surface area contributed by atoms with Gasteiger partial charge in [-0.05, 0) is 62.7 Å². The molecule has 0 bridgehead atoms. The number of fused-ring (bicyclic) bond motifs is 2. The molecule has 7 heteroatoms. The minimum Gasteiger partial charge on any atom is -0.484 e. The first-order chi connectivity index (χ1) is 14.4. The van der Waals surface area contributed by atoms with Crippen LogP contribution >= 0.6 is 11.6 Å². The summed E-state index contributed by atoms with van der Waals surface area (Å²) in [6.45, 7) is 6.10. The molecule has 0 aliphatic heterocycles. The second-order valence-electron chi connectivity index (χ2n) is 7.40. The number of aryl methyl sites for hydroxylation is 1. The van der Waals surface area contributed by atoms with Crippen LogP contribution in [-0.4, -0.2) is 27.3 Å². The van der Waals surface area contributed by atoms with E-state index >= 15 is 0 Å². The van der Waals surface area contributed by atoms with Gasteiger partial charge in [0.2, 0.25) is 0 Å². The third-order valence-corrected chi connectivity index (χ3v) is 5.33. The predicted molar refractivity (Wildman–Crippen MR) is 120 cm³/mol. The Kier molecular flexibility index (Phi) is 5.59. The third kappa shape index (κ3) is 4.09. The number of anilines is 1. The van der Waals surface area contributed by atoms with E-state index in [2.05, 4.69) is 30.3 Å². The maximum Gasteiger partial charge on any atom is 0.263 e. The van der Waals surface area contributed by atoms with Gasteiger partial charge in [-0.15, -0.1) is 0 Å². The van der Waals surface area contributed by atoms with Crippen molar-refractivity contribution in [2.24, 2.45) is 0 Å². The standard InChI is InChI=1S/C23H23ClN4O2/c1-4-15(3)28-23-19(12-16-11-14(2)5-10-20(16)25-23)22(27-28)26-21(29)13-30-18-8-6-17(24)7-9-18/h5-12,15H,4,13H2,1-3H3,(H,26,27,29)/t15-/m0/s1. The van der Waals surface area contributed by atoms with E-state index in [9.17, 15) is 4.79 Å². The van der Waals surface area contributed by atoms with E-state index in [0.717, 1.165) is 33.9 Å². The fourth-order valence-electron chi connectivity index (χ4n) is 3.26. The molecule has 0 radical (unpaired) electrons. The van der Waals surface area contributed by atoms with Crippen LogP contribution in [0.15, 0.2) is 48.5 Å². The van der Waals surface area contributed by atoms with Crippen molar-refractivity contribution in [3.8, 4) is 5.75 Å². The van der Waals surface area contributed by atoms with E-state index in [4.69, 9.17) is 21.3 Å². The number of nitrogens with one attached hydrogen (secondary N) is 1. The molecule has 4 rings (SSSR count). The van der Waals surface area contributed by atoms with Gasteiger partial charge >= 0.3 is 0 Å². The molecule has 0 aliphatic carbocycles. The fourth-order valence-corrected chi connectivity index (χ4v) is 3.39. The van der Waals surface area contributed by atoms with Gasteiger partial charge in [-0.25, -0.2) is 9.67 Å². The zero-order valence-electron chi connectivity index (χ0n) is 17.1. The van der Waals surface area contributed by atoms with Crippen molar-refractivity contribution in [2.75, 3.05) is 11.9 Å². The summed E-state index contributed by atoms with van der Waals surface area (Å²) in [4.78, 5) is 17.4. The maximum atomic E-state index is 12.5. The summed E-state index contributed by atoms with van der Waals surface area (Å²) in [5.74, 6) is 0.781. The summed E-state index contributed by atoms with van der Waals surface area (Å²) in [6, 6.07) is 15.2. The van der Waals surface area contributed by atoms with Crippen LogP contribution in [0.5, 0.6) is 5.75 Å². The van der Waals surface area contributed by atoms with Crippen LogP contribution in [0.25, 0.3) is 21.9 Å². The Bertz CT molecular complexity index is 1220. The van der Waals surface area contributed by atoms with Crippen LogP contribution in [0.2, 0.25) is 5.02 Å². The lowest BCUT2D eigenvalue weighted by Gasteiger charge is -2.10. The van der Waals surface area contributed by atoms with Crippen molar-refractivity contribution in [2.45, 2.75) is 33.2 Å². The van der Waals surface area contributed by atoms with Crippen molar-refractivity contribution in [1.82, 2.24) is 14.8 Å². The highest BCUT2D eigenvalue weighted by Gasteiger charge is 2.18. The topological polar surface area (TPSA) is 69.0 Å². The summed E-state index contributed by atoms with van der Waals surface area (Å²) in [5.41, 5.74) is 2.82. The Morgan fingerprint density at radius 1 is 1.20 bits per heavy atom. The first-order valence-corrected chi connectivity index (χ1v) is 10.3. The summed E-state index contributed by atoms with van der Waals surface area (Å²) in [7, 11) is 0. The number of benzene rings is 2. The molecule has 0 aliphatic rings. The first-order valence-electron chi connectivity index (χ1n) is 9.92. The quantitative estimate of drug-likeness (QED) is 0.443. The highest BCUT2D eigenvalue weighted by Crippen LogP contribution is 2.29. The van der Waals surface area contributed by atoms with Crippen LogP contribution in [0.4, 0.5) is 5.82 Å². The van der Waals surface area contributed by atoms with Crippen LogP contribution in [0, 0.1) is 6.92 Å². The lowest BCUT2D eigenvalue weighted by atomic mass is 10.1. The first kappa shape index (κ1) is 20.2. The highest BCUT2D eigenvalue weighted by molar-refractivity contribution is 6.30. The van der Waals surface area contributed by atoms with Crippen LogP contribution in [0.1, 0.15) is 31.9 Å². The maximum absolute atomic E-state index is 12.5. The lowest BCUT2D eigenvalue weighted by Crippen LogP contribution is -2.20. The summed E-state index contributed by atoms with van der Waals surface area (Å²) < 4.78 is 7.43. The Labute approximate surface area is 179 Å². The number of ether oxygens (including phenoxy) is 1. The van der Waals surface area contributed by atoms with Gasteiger partial charge in [-0.3, -0.25) is 4.79 Å². The zero-order chi connectivity index (χ0) is 21.3. The number of aromatic nitrogens is 3. The van der Waals surface area contributed by atoms with Gasteiger partial charge in [0.15, 0.2) is 18.1 Å². The Balaban J connectivity index is 1.64. The second kappa shape index (κ2) is 8.32. The number of pyridine rings is 1. The number of carbonyl (C=O) groups is 1. The summed E-state index contributed by atoms with van der Waals surface area (Å²) in [5, 5.41) is 9.99. The Morgan fingerprint density at radius 2 is 1.97 bits per heavy atom. The molecule has 4 aromatic rings. The van der Waals surface area contributed by atoms with Gasteiger partial charge in [0, 0.05) is 10.4 Å². The molecule has 1 N–H and O–H groups in total. The molecule has 2 aromatic carbocycles. The van der Waals surface area contributed by atoms with Crippen molar-refractivity contribution >= 4 is 45.3 Å². The average molecular weight is 423 g/mol. The van der Waals surface area contributed by atoms with Crippen molar-refractivity contribution in [3.05, 3.63) is 59.1 Å². The molecule has 0 fully saturated rings. The molecule has 0 saturated carbocycles. The lowest BCUT2D eigenvalue weighted by molar-refractivity contribution is -0.118. The summed E-state index contributed by atoms with van der Waals surface area (Å²) in [6.07, 6.45) is 0.900. The van der Waals surface area contributed by atoms with Gasteiger partial charge in [0.25, 0.3) is 5.91 Å². The van der Waals surface area contributed by atoms with Crippen LogP contribution < -0.4 is 10.1 Å². The monoisotopic (exact) mass is 422 g/mol. The van der Waals surface area contributed by atoms with Gasteiger partial charge in [0.05, 0.1) is 16.9 Å². The number of rotatable bonds is 6. The smallest absolute Gasteiger partial charge is 0.263 e. The predicted octanol–water partition coefficient (Wildman–Crippen LogP) is 5.53. The number of carbonyl (C=O) groups excluding carboxylic acids is 1. The second-order valence-corrected chi connectivity index (χ2v) is 7.83. The Morgan fingerprint density at radius 3 is 2.70 bits per heavy atom. The van der Waals surface area contributed by atoms with Gasteiger partial charge < -0.3 is 10.1 Å². The number of hydrogen-bond acceptors (Lipinski definition) is 4. The molecule has 0 unspecified atom stereocenters. The van der Waals surface area contributed by atoms with E-state index < -0.39 is 0 Å². The minimum atomic E-state index is -0.287. The van der Waals surface area contributed by atoms with Crippen molar-refractivity contribution in [1.29, 1.82) is 0 Å². The van der Waals surface area contributed by atoms with Gasteiger partial charge in [0.1, 0.15) is 5.75 Å². The van der Waals surface area contributed by atoms with E-state index in [1.807, 2.05) is 29.8 Å². The number of nitrogens with zero attached hydrogens (tertiary/aromatic N) is 3. The number of hydrogen-bond donors (Lipinski definition) is 1. The molecule has 6 nitrogen and oxygen atoms in total. The van der Waals surface area contributed by atoms with E-state index in [1.54, 1.807) is 24.3 Å². The molecule has 154 valence electrons. The van der Waals surface area contributed by atoms with Gasteiger partial charge in [-0.2, -0.15) is 5.10 Å². The molecular formula is C23H23ClN4O2. The van der Waals surface area contributed by atoms with E-state index in [-0.39, 0.29) is 18.6 Å². The Hall–Kier alpha value is -3.12. The van der Waals surface area contributed by atoms with Gasteiger partial charge in [-0.1, -0.05) is 30.2 Å². The fraction of sp³-hybridized carbons (Fsp3) is 0.261. The van der Waals surface area contributed by atoms with Crippen molar-refractivity contribution < 1.29 is 9.53 Å². The molecule has 0 saturated heterocycles. The zero-order valence-corrected chi connectivity index (χ0v) is 17.9. The highest BCUT2D eigenvalue weighted by atomic mass is 35.5. The molecule has 1 amide bonds. The van der Waals surface area contributed by atoms with Crippen molar-refractivity contribution in [3.63, 3.8) is 0 Å². The number of halogens is 1. The molecule has 0 spiro atoms. The molecule has 30 heavy (non-hydrogen) atoms. The third-order valence-electron chi connectivity index (χ3n) is 5.08. The minimum absolute atomic E-state index is 0.126. The molecule has 2 heterocycles. The van der Waals surface area contributed by atoms with Crippen LogP contribution in [-0.2, 0) is 4.79 Å². The largest absolute Gasteiger partial charge is 0.484 e. The van der Waals surface area contributed by atoms with E-state index in [0.29, 0.717) is 16.6 Å². The average Bonchev–Trinajstić information content (AvgIpc) is 3.08. The molecular weight excluding hydrogens is 400 g/mol.